The lowest BCUT2D eigenvalue weighted by Crippen LogP contribution is -2.44. The summed E-state index contributed by atoms with van der Waals surface area (Å²) in [6, 6.07) is 8.07. The maximum absolute atomic E-state index is 12.5. The summed E-state index contributed by atoms with van der Waals surface area (Å²) in [5, 5.41) is 6.31. The van der Waals surface area contributed by atoms with Crippen LogP contribution in [0.3, 0.4) is 0 Å². The first-order valence-electron chi connectivity index (χ1n) is 9.30. The number of benzene rings is 1. The number of nitrogens with zero attached hydrogens (tertiary/aromatic N) is 2. The van der Waals surface area contributed by atoms with Crippen LogP contribution in [0.2, 0.25) is 0 Å². The highest BCUT2D eigenvalue weighted by molar-refractivity contribution is 14.0. The first-order valence-corrected chi connectivity index (χ1v) is 9.30. The van der Waals surface area contributed by atoms with Crippen molar-refractivity contribution in [3.05, 3.63) is 29.8 Å². The lowest BCUT2D eigenvalue weighted by Gasteiger charge is -2.19. The number of carbonyl (C=O) groups is 1. The molecule has 2 heterocycles. The summed E-state index contributed by atoms with van der Waals surface area (Å²) in [5.74, 6) is 0.692. The van der Waals surface area contributed by atoms with E-state index in [9.17, 15) is 4.79 Å². The van der Waals surface area contributed by atoms with E-state index in [1.54, 1.807) is 7.05 Å². The summed E-state index contributed by atoms with van der Waals surface area (Å²) in [6.45, 7) is 3.92. The molecule has 3 rings (SSSR count). The molecule has 1 aromatic carbocycles. The molecule has 0 spiro atoms. The van der Waals surface area contributed by atoms with Crippen LogP contribution in [0.25, 0.3) is 0 Å². The molecular formula is C19H29IN4O3. The van der Waals surface area contributed by atoms with Crippen LogP contribution in [0.1, 0.15) is 18.4 Å². The van der Waals surface area contributed by atoms with Crippen molar-refractivity contribution in [3.63, 3.8) is 0 Å². The number of para-hydroxylation sites is 1. The largest absolute Gasteiger partial charge is 0.379 e. The average molecular weight is 488 g/mol. The monoisotopic (exact) mass is 488 g/mol. The fraction of sp³-hybridized carbons (Fsp3) is 0.579. The molecule has 0 bridgehead atoms. The second kappa shape index (κ2) is 11.5. The van der Waals surface area contributed by atoms with Crippen LogP contribution >= 0.6 is 24.0 Å². The van der Waals surface area contributed by atoms with Gasteiger partial charge in [0, 0.05) is 39.0 Å². The second-order valence-corrected chi connectivity index (χ2v) is 6.49. The number of halogens is 1. The van der Waals surface area contributed by atoms with Gasteiger partial charge in [-0.1, -0.05) is 18.2 Å². The number of hydrogen-bond acceptors (Lipinski definition) is 4. The number of anilines is 1. The van der Waals surface area contributed by atoms with Crippen LogP contribution in [0, 0.1) is 0 Å². The molecule has 2 aliphatic heterocycles. The van der Waals surface area contributed by atoms with Crippen molar-refractivity contribution < 1.29 is 14.3 Å². The van der Waals surface area contributed by atoms with Gasteiger partial charge in [0.1, 0.15) is 0 Å². The van der Waals surface area contributed by atoms with Gasteiger partial charge in [-0.3, -0.25) is 9.79 Å². The van der Waals surface area contributed by atoms with E-state index in [1.165, 1.54) is 5.56 Å². The number of hydrogen-bond donors (Lipinski definition) is 2. The number of amides is 1. The van der Waals surface area contributed by atoms with Gasteiger partial charge in [0.15, 0.2) is 5.96 Å². The highest BCUT2D eigenvalue weighted by Gasteiger charge is 2.23. The van der Waals surface area contributed by atoms with Crippen molar-refractivity contribution in [2.45, 2.75) is 25.4 Å². The zero-order valence-corrected chi connectivity index (χ0v) is 18.1. The molecule has 0 aliphatic carbocycles. The molecule has 0 saturated carbocycles. The van der Waals surface area contributed by atoms with Crippen LogP contribution < -0.4 is 15.5 Å². The minimum absolute atomic E-state index is 0. The number of carbonyl (C=O) groups excluding carboxylic acids is 1. The SMILES string of the molecule is CN=C(NCCCOC1CCOC1)NCC(=O)N1CCc2ccccc21.I. The minimum atomic E-state index is 0. The molecule has 0 aromatic heterocycles. The lowest BCUT2D eigenvalue weighted by atomic mass is 10.2. The highest BCUT2D eigenvalue weighted by atomic mass is 127. The quantitative estimate of drug-likeness (QED) is 0.264. The summed E-state index contributed by atoms with van der Waals surface area (Å²) in [5.41, 5.74) is 2.26. The van der Waals surface area contributed by atoms with Gasteiger partial charge in [-0.2, -0.15) is 0 Å². The lowest BCUT2D eigenvalue weighted by molar-refractivity contribution is -0.117. The summed E-state index contributed by atoms with van der Waals surface area (Å²) in [7, 11) is 1.71. The van der Waals surface area contributed by atoms with Crippen molar-refractivity contribution >= 4 is 41.5 Å². The van der Waals surface area contributed by atoms with Crippen LogP contribution in [0.5, 0.6) is 0 Å². The Morgan fingerprint density at radius 1 is 1.37 bits per heavy atom. The van der Waals surface area contributed by atoms with Crippen LogP contribution in [-0.4, -0.2) is 64.5 Å². The van der Waals surface area contributed by atoms with Crippen LogP contribution in [-0.2, 0) is 20.7 Å². The molecule has 0 radical (unpaired) electrons. The molecule has 1 aromatic rings. The van der Waals surface area contributed by atoms with Crippen LogP contribution in [0.15, 0.2) is 29.3 Å². The summed E-state index contributed by atoms with van der Waals surface area (Å²) in [4.78, 5) is 18.5. The van der Waals surface area contributed by atoms with E-state index < -0.39 is 0 Å². The normalized spacial score (nSPS) is 18.8. The first-order chi connectivity index (χ1) is 12.8. The van der Waals surface area contributed by atoms with Crippen molar-refractivity contribution in [1.82, 2.24) is 10.6 Å². The Balaban J connectivity index is 0.00000261. The fourth-order valence-electron chi connectivity index (χ4n) is 3.25. The average Bonchev–Trinajstić information content (AvgIpc) is 3.33. The zero-order chi connectivity index (χ0) is 18.2. The van der Waals surface area contributed by atoms with Gasteiger partial charge in [0.05, 0.1) is 19.3 Å². The van der Waals surface area contributed by atoms with Crippen molar-refractivity contribution in [2.24, 2.45) is 4.99 Å². The molecule has 2 aliphatic rings. The Kier molecular flexibility index (Phi) is 9.29. The molecule has 27 heavy (non-hydrogen) atoms. The standard InChI is InChI=1S/C19H28N4O3.HI/c1-20-19(21-9-4-11-26-16-8-12-25-14-16)22-13-18(24)23-10-7-15-5-2-3-6-17(15)23;/h2-3,5-6,16H,4,7-14H2,1H3,(H2,20,21,22);1H. The molecular weight excluding hydrogens is 459 g/mol. The van der Waals surface area contributed by atoms with E-state index in [0.717, 1.165) is 44.6 Å². The van der Waals surface area contributed by atoms with Crippen molar-refractivity contribution in [2.75, 3.05) is 51.4 Å². The van der Waals surface area contributed by atoms with E-state index in [0.29, 0.717) is 19.2 Å². The van der Waals surface area contributed by atoms with Gasteiger partial charge in [0.2, 0.25) is 5.91 Å². The highest BCUT2D eigenvalue weighted by Crippen LogP contribution is 2.27. The molecule has 1 saturated heterocycles. The third-order valence-electron chi connectivity index (χ3n) is 4.67. The predicted molar refractivity (Wildman–Crippen MR) is 117 cm³/mol. The van der Waals surface area contributed by atoms with Gasteiger partial charge in [0.25, 0.3) is 0 Å². The molecule has 1 fully saturated rings. The van der Waals surface area contributed by atoms with E-state index in [4.69, 9.17) is 9.47 Å². The van der Waals surface area contributed by atoms with Gasteiger partial charge in [-0.05, 0) is 30.9 Å². The Morgan fingerprint density at radius 3 is 3.00 bits per heavy atom. The van der Waals surface area contributed by atoms with Gasteiger partial charge >= 0.3 is 0 Å². The van der Waals surface area contributed by atoms with Crippen molar-refractivity contribution in [3.8, 4) is 0 Å². The van der Waals surface area contributed by atoms with Gasteiger partial charge in [-0.15, -0.1) is 24.0 Å². The fourth-order valence-corrected chi connectivity index (χ4v) is 3.25. The number of guanidine groups is 1. The van der Waals surface area contributed by atoms with Crippen LogP contribution in [0.4, 0.5) is 5.69 Å². The molecule has 7 nitrogen and oxygen atoms in total. The molecule has 8 heteroatoms. The molecule has 150 valence electrons. The van der Waals surface area contributed by atoms with Crippen molar-refractivity contribution in [1.29, 1.82) is 0 Å². The Morgan fingerprint density at radius 2 is 2.22 bits per heavy atom. The summed E-state index contributed by atoms with van der Waals surface area (Å²) < 4.78 is 11.0. The number of ether oxygens (including phenoxy) is 2. The summed E-state index contributed by atoms with van der Waals surface area (Å²) in [6.07, 6.45) is 3.03. The Hall–Kier alpha value is -1.39. The second-order valence-electron chi connectivity index (χ2n) is 6.49. The number of rotatable bonds is 7. The van der Waals surface area contributed by atoms with E-state index in [1.807, 2.05) is 23.1 Å². The van der Waals surface area contributed by atoms with Gasteiger partial charge < -0.3 is 25.0 Å². The first kappa shape index (κ1) is 21.9. The summed E-state index contributed by atoms with van der Waals surface area (Å²) >= 11 is 0. The maximum Gasteiger partial charge on any atom is 0.246 e. The molecule has 1 atom stereocenters. The molecule has 1 unspecified atom stereocenters. The number of aliphatic imine (C=N–C) groups is 1. The topological polar surface area (TPSA) is 75.2 Å². The van der Waals surface area contributed by atoms with E-state index in [2.05, 4.69) is 21.7 Å². The maximum atomic E-state index is 12.5. The number of fused-ring (bicyclic) bond motifs is 1. The third kappa shape index (κ3) is 6.32. The Bertz CT molecular complexity index is 635. The molecule has 2 N–H and O–H groups in total. The number of nitrogens with one attached hydrogen (secondary N) is 2. The molecule has 1 amide bonds. The smallest absolute Gasteiger partial charge is 0.246 e. The zero-order valence-electron chi connectivity index (χ0n) is 15.8. The minimum Gasteiger partial charge on any atom is -0.379 e. The predicted octanol–water partition coefficient (Wildman–Crippen LogP) is 1.55. The third-order valence-corrected chi connectivity index (χ3v) is 4.67. The van der Waals surface area contributed by atoms with E-state index in [-0.39, 0.29) is 42.5 Å². The Labute approximate surface area is 177 Å². The van der Waals surface area contributed by atoms with Gasteiger partial charge in [-0.25, -0.2) is 0 Å². The van der Waals surface area contributed by atoms with E-state index >= 15 is 0 Å².